The molecule has 4 atom stereocenters. The van der Waals surface area contributed by atoms with E-state index in [1.165, 1.54) is 0 Å². The Morgan fingerprint density at radius 2 is 2.40 bits per heavy atom. The van der Waals surface area contributed by atoms with Gasteiger partial charge in [0.2, 0.25) is 0 Å². The first-order valence-electron chi connectivity index (χ1n) is 3.83. The van der Waals surface area contributed by atoms with Crippen LogP contribution in [0.15, 0.2) is 0 Å². The molecule has 2 bridgehead atoms. The Kier molecular flexibility index (Phi) is 1.44. The Bertz CT molecular complexity index is 140. The Morgan fingerprint density at radius 3 is 3.20 bits per heavy atom. The standard InChI is InChI=1S/C7H13NO2/c1-4-7(9)6-2-5(8-4)3-10-6/h4-9H,2-3H2,1H3. The van der Waals surface area contributed by atoms with Crippen molar-refractivity contribution in [1.82, 2.24) is 5.32 Å². The van der Waals surface area contributed by atoms with Crippen LogP contribution in [0.5, 0.6) is 0 Å². The molecule has 3 heteroatoms. The second-order valence-electron chi connectivity index (χ2n) is 3.25. The molecule has 2 rings (SSSR count). The molecular weight excluding hydrogens is 130 g/mol. The zero-order valence-corrected chi connectivity index (χ0v) is 6.08. The van der Waals surface area contributed by atoms with Crippen LogP contribution in [0.3, 0.4) is 0 Å². The van der Waals surface area contributed by atoms with Crippen LogP contribution in [-0.2, 0) is 4.74 Å². The molecule has 0 aliphatic carbocycles. The minimum absolute atomic E-state index is 0.0984. The SMILES string of the molecule is CC1NC2COC(C2)C1O. The predicted octanol–water partition coefficient (Wildman–Crippen LogP) is -0.504. The molecule has 2 N–H and O–H groups in total. The van der Waals surface area contributed by atoms with Gasteiger partial charge in [0.05, 0.1) is 18.8 Å². The van der Waals surface area contributed by atoms with Gasteiger partial charge >= 0.3 is 0 Å². The zero-order valence-electron chi connectivity index (χ0n) is 6.08. The fourth-order valence-corrected chi connectivity index (χ4v) is 1.80. The van der Waals surface area contributed by atoms with Crippen molar-refractivity contribution in [2.45, 2.75) is 37.6 Å². The van der Waals surface area contributed by atoms with Gasteiger partial charge in [-0.25, -0.2) is 0 Å². The Hall–Kier alpha value is -0.120. The van der Waals surface area contributed by atoms with Gasteiger partial charge in [-0.3, -0.25) is 0 Å². The van der Waals surface area contributed by atoms with E-state index < -0.39 is 0 Å². The van der Waals surface area contributed by atoms with Crippen LogP contribution in [0.1, 0.15) is 13.3 Å². The van der Waals surface area contributed by atoms with Crippen LogP contribution in [-0.4, -0.2) is 36.0 Å². The molecule has 0 aromatic carbocycles. The first-order chi connectivity index (χ1) is 4.77. The van der Waals surface area contributed by atoms with Gasteiger partial charge in [-0.15, -0.1) is 0 Å². The van der Waals surface area contributed by atoms with E-state index in [2.05, 4.69) is 5.32 Å². The van der Waals surface area contributed by atoms with Gasteiger partial charge in [-0.05, 0) is 13.3 Å². The molecule has 2 aliphatic heterocycles. The molecule has 0 spiro atoms. The number of rotatable bonds is 0. The number of ether oxygens (including phenoxy) is 1. The maximum atomic E-state index is 9.48. The second-order valence-corrected chi connectivity index (χ2v) is 3.25. The fourth-order valence-electron chi connectivity index (χ4n) is 1.80. The highest BCUT2D eigenvalue weighted by Crippen LogP contribution is 2.23. The molecule has 10 heavy (non-hydrogen) atoms. The fraction of sp³-hybridized carbons (Fsp3) is 1.00. The summed E-state index contributed by atoms with van der Waals surface area (Å²) in [4.78, 5) is 0. The number of hydrogen-bond donors (Lipinski definition) is 2. The number of piperidine rings is 1. The van der Waals surface area contributed by atoms with Gasteiger partial charge in [0.1, 0.15) is 0 Å². The molecule has 2 heterocycles. The third-order valence-electron chi connectivity index (χ3n) is 2.42. The third kappa shape index (κ3) is 0.856. The summed E-state index contributed by atoms with van der Waals surface area (Å²) in [6.45, 7) is 2.77. The van der Waals surface area contributed by atoms with Crippen molar-refractivity contribution in [3.8, 4) is 0 Å². The third-order valence-corrected chi connectivity index (χ3v) is 2.42. The lowest BCUT2D eigenvalue weighted by Crippen LogP contribution is -2.51. The monoisotopic (exact) mass is 143 g/mol. The minimum atomic E-state index is -0.307. The number of aliphatic hydroxyl groups excluding tert-OH is 1. The summed E-state index contributed by atoms with van der Waals surface area (Å²) < 4.78 is 5.35. The number of aliphatic hydroxyl groups is 1. The molecular formula is C7H13NO2. The second kappa shape index (κ2) is 2.19. The van der Waals surface area contributed by atoms with Crippen LogP contribution in [0, 0.1) is 0 Å². The Morgan fingerprint density at radius 1 is 1.60 bits per heavy atom. The van der Waals surface area contributed by atoms with Crippen LogP contribution < -0.4 is 5.32 Å². The predicted molar refractivity (Wildman–Crippen MR) is 36.7 cm³/mol. The first-order valence-corrected chi connectivity index (χ1v) is 3.83. The molecule has 0 saturated carbocycles. The summed E-state index contributed by atoms with van der Waals surface area (Å²) in [5, 5.41) is 12.8. The molecule has 2 saturated heterocycles. The molecule has 0 amide bonds. The van der Waals surface area contributed by atoms with Crippen molar-refractivity contribution >= 4 is 0 Å². The van der Waals surface area contributed by atoms with Gasteiger partial charge in [0.25, 0.3) is 0 Å². The largest absolute Gasteiger partial charge is 0.389 e. The highest BCUT2D eigenvalue weighted by molar-refractivity contribution is 4.94. The van der Waals surface area contributed by atoms with E-state index in [-0.39, 0.29) is 18.2 Å². The van der Waals surface area contributed by atoms with Gasteiger partial charge in [-0.2, -0.15) is 0 Å². The van der Waals surface area contributed by atoms with E-state index in [1.807, 2.05) is 6.92 Å². The van der Waals surface area contributed by atoms with Gasteiger partial charge in [0.15, 0.2) is 0 Å². The van der Waals surface area contributed by atoms with Gasteiger partial charge in [-0.1, -0.05) is 0 Å². The summed E-state index contributed by atoms with van der Waals surface area (Å²) in [6, 6.07) is 0.689. The van der Waals surface area contributed by atoms with Crippen LogP contribution in [0.4, 0.5) is 0 Å². The highest BCUT2D eigenvalue weighted by Gasteiger charge is 2.39. The molecule has 0 aromatic heterocycles. The van der Waals surface area contributed by atoms with Crippen LogP contribution >= 0.6 is 0 Å². The average molecular weight is 143 g/mol. The Labute approximate surface area is 60.4 Å². The van der Waals surface area contributed by atoms with E-state index in [1.54, 1.807) is 0 Å². The Balaban J connectivity index is 2.09. The summed E-state index contributed by atoms with van der Waals surface area (Å²) in [7, 11) is 0. The van der Waals surface area contributed by atoms with E-state index in [0.29, 0.717) is 6.04 Å². The van der Waals surface area contributed by atoms with Gasteiger partial charge in [0, 0.05) is 12.1 Å². The molecule has 0 aromatic rings. The summed E-state index contributed by atoms with van der Waals surface area (Å²) >= 11 is 0. The van der Waals surface area contributed by atoms with E-state index in [9.17, 15) is 5.11 Å². The maximum absolute atomic E-state index is 9.48. The minimum Gasteiger partial charge on any atom is -0.389 e. The lowest BCUT2D eigenvalue weighted by molar-refractivity contribution is -0.0138. The van der Waals surface area contributed by atoms with E-state index in [4.69, 9.17) is 4.74 Å². The summed E-state index contributed by atoms with van der Waals surface area (Å²) in [6.07, 6.45) is 0.769. The lowest BCUT2D eigenvalue weighted by atomic mass is 9.97. The van der Waals surface area contributed by atoms with E-state index in [0.717, 1.165) is 13.0 Å². The molecule has 0 radical (unpaired) electrons. The number of hydrogen-bond acceptors (Lipinski definition) is 3. The van der Waals surface area contributed by atoms with Crippen molar-refractivity contribution in [3.05, 3.63) is 0 Å². The van der Waals surface area contributed by atoms with E-state index >= 15 is 0 Å². The molecule has 2 aliphatic rings. The number of fused-ring (bicyclic) bond motifs is 2. The average Bonchev–Trinajstić information content (AvgIpc) is 2.29. The highest BCUT2D eigenvalue weighted by atomic mass is 16.5. The van der Waals surface area contributed by atoms with Crippen molar-refractivity contribution < 1.29 is 9.84 Å². The summed E-state index contributed by atoms with van der Waals surface area (Å²) in [5.41, 5.74) is 0. The topological polar surface area (TPSA) is 41.5 Å². The zero-order chi connectivity index (χ0) is 7.14. The smallest absolute Gasteiger partial charge is 0.0952 e. The van der Waals surface area contributed by atoms with Crippen molar-refractivity contribution in [2.75, 3.05) is 6.61 Å². The first kappa shape index (κ1) is 6.58. The molecule has 58 valence electrons. The maximum Gasteiger partial charge on any atom is 0.0952 e. The quantitative estimate of drug-likeness (QED) is 0.480. The molecule has 2 fully saturated rings. The number of nitrogens with one attached hydrogen (secondary N) is 1. The van der Waals surface area contributed by atoms with Gasteiger partial charge < -0.3 is 15.2 Å². The molecule has 3 nitrogen and oxygen atoms in total. The normalized spacial score (nSPS) is 53.4. The van der Waals surface area contributed by atoms with Crippen molar-refractivity contribution in [2.24, 2.45) is 0 Å². The van der Waals surface area contributed by atoms with Crippen molar-refractivity contribution in [3.63, 3.8) is 0 Å². The van der Waals surface area contributed by atoms with Crippen LogP contribution in [0.2, 0.25) is 0 Å². The molecule has 4 unspecified atom stereocenters. The lowest BCUT2D eigenvalue weighted by Gasteiger charge is -2.30. The summed E-state index contributed by atoms with van der Waals surface area (Å²) in [5.74, 6) is 0. The van der Waals surface area contributed by atoms with Crippen LogP contribution in [0.25, 0.3) is 0 Å². The van der Waals surface area contributed by atoms with Crippen molar-refractivity contribution in [1.29, 1.82) is 0 Å².